The Morgan fingerprint density at radius 2 is 1.85 bits per heavy atom. The monoisotopic (exact) mass is 394 g/mol. The summed E-state index contributed by atoms with van der Waals surface area (Å²) in [6.07, 6.45) is 0.672. The molecule has 2 unspecified atom stereocenters. The lowest BCUT2D eigenvalue weighted by Gasteiger charge is -2.23. The number of anilines is 1. The molecule has 0 heterocycles. The number of rotatable bonds is 6. The third-order valence-electron chi connectivity index (χ3n) is 4.47. The molecule has 136 valence electrons. The van der Waals surface area contributed by atoms with Crippen LogP contribution < -0.4 is 10.6 Å². The van der Waals surface area contributed by atoms with Crippen LogP contribution in [-0.4, -0.2) is 18.4 Å². The number of amides is 2. The number of hydrogen-bond donors (Lipinski definition) is 1. The van der Waals surface area contributed by atoms with Crippen LogP contribution in [0.25, 0.3) is 0 Å². The van der Waals surface area contributed by atoms with Crippen LogP contribution in [0.1, 0.15) is 24.3 Å². The summed E-state index contributed by atoms with van der Waals surface area (Å²) in [5, 5.41) is 0.909. The minimum atomic E-state index is -0.504. The van der Waals surface area contributed by atoms with Gasteiger partial charge in [-0.1, -0.05) is 35.3 Å². The number of nitrogens with two attached hydrogens (primary N) is 1. The lowest BCUT2D eigenvalue weighted by Crippen LogP contribution is -2.35. The molecular weight excluding hydrogens is 378 g/mol. The van der Waals surface area contributed by atoms with Crippen molar-refractivity contribution in [2.45, 2.75) is 18.8 Å². The smallest absolute Gasteiger partial charge is 0.230 e. The lowest BCUT2D eigenvalue weighted by molar-refractivity contribution is -0.120. The van der Waals surface area contributed by atoms with Crippen LogP contribution in [0.5, 0.6) is 0 Å². The van der Waals surface area contributed by atoms with E-state index in [2.05, 4.69) is 0 Å². The lowest BCUT2D eigenvalue weighted by atomic mass is 10.1. The molecule has 1 aliphatic rings. The van der Waals surface area contributed by atoms with Gasteiger partial charge in [-0.2, -0.15) is 0 Å². The molecule has 0 aliphatic heterocycles. The van der Waals surface area contributed by atoms with Gasteiger partial charge in [-0.05, 0) is 48.2 Å². The molecule has 2 aromatic carbocycles. The topological polar surface area (TPSA) is 63.4 Å². The Morgan fingerprint density at radius 3 is 2.50 bits per heavy atom. The van der Waals surface area contributed by atoms with Crippen molar-refractivity contribution in [3.63, 3.8) is 0 Å². The van der Waals surface area contributed by atoms with Crippen LogP contribution in [0.4, 0.5) is 10.1 Å². The molecule has 2 aromatic rings. The standard InChI is InChI=1S/C19H17Cl2FN2O2/c20-16-3-1-2-13(18(16)21)14-10-15(14)19(26)24(9-8-17(23)25)12-6-4-11(22)5-7-12/h1-7,14-15H,8-10H2,(H2,23,25). The summed E-state index contributed by atoms with van der Waals surface area (Å²) in [6.45, 7) is 0.145. The van der Waals surface area contributed by atoms with E-state index in [1.807, 2.05) is 6.07 Å². The third kappa shape index (κ3) is 4.00. The van der Waals surface area contributed by atoms with Crippen molar-refractivity contribution >= 4 is 40.7 Å². The Bertz CT molecular complexity index is 842. The Balaban J connectivity index is 1.81. The second-order valence-corrected chi connectivity index (χ2v) is 7.06. The summed E-state index contributed by atoms with van der Waals surface area (Å²) in [4.78, 5) is 25.6. The highest BCUT2D eigenvalue weighted by molar-refractivity contribution is 6.42. The van der Waals surface area contributed by atoms with Crippen molar-refractivity contribution in [2.24, 2.45) is 11.7 Å². The maximum Gasteiger partial charge on any atom is 0.230 e. The van der Waals surface area contributed by atoms with Gasteiger partial charge in [-0.3, -0.25) is 9.59 Å². The zero-order valence-corrected chi connectivity index (χ0v) is 15.3. The second-order valence-electron chi connectivity index (χ2n) is 6.27. The number of hydrogen-bond acceptors (Lipinski definition) is 2. The van der Waals surface area contributed by atoms with E-state index in [9.17, 15) is 14.0 Å². The summed E-state index contributed by atoms with van der Waals surface area (Å²) >= 11 is 12.3. The van der Waals surface area contributed by atoms with E-state index in [4.69, 9.17) is 28.9 Å². The Morgan fingerprint density at radius 1 is 1.15 bits per heavy atom. The van der Waals surface area contributed by atoms with E-state index in [1.54, 1.807) is 12.1 Å². The SMILES string of the molecule is NC(=O)CCN(C(=O)C1CC1c1cccc(Cl)c1Cl)c1ccc(F)cc1. The fourth-order valence-electron chi connectivity index (χ4n) is 3.03. The van der Waals surface area contributed by atoms with Crippen LogP contribution in [-0.2, 0) is 9.59 Å². The van der Waals surface area contributed by atoms with Crippen molar-refractivity contribution in [1.82, 2.24) is 0 Å². The van der Waals surface area contributed by atoms with Gasteiger partial charge < -0.3 is 10.6 Å². The Labute approximate surface area is 160 Å². The summed E-state index contributed by atoms with van der Waals surface area (Å²) in [5.74, 6) is -1.32. The first-order chi connectivity index (χ1) is 12.4. The molecule has 2 N–H and O–H groups in total. The molecule has 0 aromatic heterocycles. The van der Waals surface area contributed by atoms with E-state index < -0.39 is 11.7 Å². The Kier molecular flexibility index (Phi) is 5.49. The summed E-state index contributed by atoms with van der Waals surface area (Å²) in [7, 11) is 0. The summed E-state index contributed by atoms with van der Waals surface area (Å²) in [5.41, 5.74) is 6.59. The van der Waals surface area contributed by atoms with Crippen molar-refractivity contribution in [1.29, 1.82) is 0 Å². The van der Waals surface area contributed by atoms with E-state index in [-0.39, 0.29) is 30.7 Å². The average Bonchev–Trinajstić information content (AvgIpc) is 3.39. The quantitative estimate of drug-likeness (QED) is 0.799. The molecule has 0 bridgehead atoms. The highest BCUT2D eigenvalue weighted by Crippen LogP contribution is 2.51. The van der Waals surface area contributed by atoms with Crippen molar-refractivity contribution in [3.8, 4) is 0 Å². The van der Waals surface area contributed by atoms with Gasteiger partial charge in [0, 0.05) is 24.6 Å². The minimum absolute atomic E-state index is 0.0229. The van der Waals surface area contributed by atoms with Gasteiger partial charge in [0.2, 0.25) is 11.8 Å². The van der Waals surface area contributed by atoms with E-state index in [1.165, 1.54) is 29.2 Å². The number of carbonyl (C=O) groups excluding carboxylic acids is 2. The van der Waals surface area contributed by atoms with Crippen LogP contribution in [0, 0.1) is 11.7 Å². The zero-order valence-electron chi connectivity index (χ0n) is 13.8. The number of carbonyl (C=O) groups is 2. The van der Waals surface area contributed by atoms with Gasteiger partial charge in [0.05, 0.1) is 10.0 Å². The molecule has 4 nitrogen and oxygen atoms in total. The molecule has 0 saturated heterocycles. The molecule has 3 rings (SSSR count). The molecular formula is C19H17Cl2FN2O2. The van der Waals surface area contributed by atoms with Crippen LogP contribution in [0.3, 0.4) is 0 Å². The Hall–Kier alpha value is -2.11. The van der Waals surface area contributed by atoms with E-state index in [0.717, 1.165) is 5.56 Å². The fourth-order valence-corrected chi connectivity index (χ4v) is 3.48. The molecule has 0 spiro atoms. The van der Waals surface area contributed by atoms with Gasteiger partial charge in [0.25, 0.3) is 0 Å². The molecule has 1 aliphatic carbocycles. The third-order valence-corrected chi connectivity index (χ3v) is 5.31. The molecule has 2 amide bonds. The highest BCUT2D eigenvalue weighted by atomic mass is 35.5. The van der Waals surface area contributed by atoms with Crippen molar-refractivity contribution in [2.75, 3.05) is 11.4 Å². The molecule has 26 heavy (non-hydrogen) atoms. The summed E-state index contributed by atoms with van der Waals surface area (Å²) < 4.78 is 13.2. The molecule has 1 saturated carbocycles. The maximum atomic E-state index is 13.2. The predicted octanol–water partition coefficient (Wildman–Crippen LogP) is 4.14. The number of primary amides is 1. The number of benzene rings is 2. The fraction of sp³-hybridized carbons (Fsp3) is 0.263. The first-order valence-electron chi connectivity index (χ1n) is 8.17. The van der Waals surface area contributed by atoms with Crippen LogP contribution in [0.2, 0.25) is 10.0 Å². The number of halogens is 3. The van der Waals surface area contributed by atoms with Gasteiger partial charge in [-0.15, -0.1) is 0 Å². The normalized spacial score (nSPS) is 18.4. The van der Waals surface area contributed by atoms with E-state index in [0.29, 0.717) is 22.2 Å². The first kappa shape index (κ1) is 18.7. The molecule has 0 radical (unpaired) electrons. The van der Waals surface area contributed by atoms with Gasteiger partial charge in [-0.25, -0.2) is 4.39 Å². The second kappa shape index (κ2) is 7.64. The maximum absolute atomic E-state index is 13.2. The predicted molar refractivity (Wildman–Crippen MR) is 99.9 cm³/mol. The molecule has 7 heteroatoms. The van der Waals surface area contributed by atoms with Crippen molar-refractivity contribution < 1.29 is 14.0 Å². The zero-order chi connectivity index (χ0) is 18.8. The van der Waals surface area contributed by atoms with Crippen LogP contribution >= 0.6 is 23.2 Å². The van der Waals surface area contributed by atoms with Crippen molar-refractivity contribution in [3.05, 3.63) is 63.9 Å². The van der Waals surface area contributed by atoms with Gasteiger partial charge in [0.15, 0.2) is 0 Å². The van der Waals surface area contributed by atoms with E-state index >= 15 is 0 Å². The molecule has 2 atom stereocenters. The van der Waals surface area contributed by atoms with Gasteiger partial charge in [0.1, 0.15) is 5.82 Å². The average molecular weight is 395 g/mol. The summed E-state index contributed by atoms with van der Waals surface area (Å²) in [6, 6.07) is 10.9. The highest BCUT2D eigenvalue weighted by Gasteiger charge is 2.47. The number of nitrogens with zero attached hydrogens (tertiary/aromatic N) is 1. The van der Waals surface area contributed by atoms with Gasteiger partial charge >= 0.3 is 0 Å². The first-order valence-corrected chi connectivity index (χ1v) is 8.93. The minimum Gasteiger partial charge on any atom is -0.370 e. The van der Waals surface area contributed by atoms with Crippen LogP contribution in [0.15, 0.2) is 42.5 Å². The largest absolute Gasteiger partial charge is 0.370 e. The molecule has 1 fully saturated rings.